The molecule has 134 valence electrons. The lowest BCUT2D eigenvalue weighted by molar-refractivity contribution is -0.127. The molecule has 0 bridgehead atoms. The zero-order chi connectivity index (χ0) is 18.6. The largest absolute Gasteiger partial charge is 0.481 e. The first-order chi connectivity index (χ1) is 11.8. The molecule has 0 saturated heterocycles. The predicted octanol–water partition coefficient (Wildman–Crippen LogP) is 4.82. The summed E-state index contributed by atoms with van der Waals surface area (Å²) in [5.41, 5.74) is 5.97. The molecule has 2 aromatic carbocycles. The molecule has 2 unspecified atom stereocenters. The Labute approximate surface area is 151 Å². The Balaban J connectivity index is 2.07. The van der Waals surface area contributed by atoms with Crippen molar-refractivity contribution in [2.75, 3.05) is 0 Å². The summed E-state index contributed by atoms with van der Waals surface area (Å²) in [7, 11) is 0. The molecule has 0 aliphatic rings. The van der Waals surface area contributed by atoms with E-state index in [0.717, 1.165) is 23.3 Å². The van der Waals surface area contributed by atoms with E-state index in [1.165, 1.54) is 16.7 Å². The van der Waals surface area contributed by atoms with Gasteiger partial charge in [-0.15, -0.1) is 0 Å². The minimum atomic E-state index is -0.540. The van der Waals surface area contributed by atoms with Crippen LogP contribution in [0.5, 0.6) is 5.75 Å². The van der Waals surface area contributed by atoms with Crippen molar-refractivity contribution in [1.82, 2.24) is 5.32 Å². The predicted molar refractivity (Wildman–Crippen MR) is 103 cm³/mol. The standard InChI is InChI=1S/C22H29NO2/c1-7-19-10-8-9-11-21(19)25-18(6)22(24)23-17(5)20-13-15(3)14(2)12-16(20)4/h8-13,17-18H,7H2,1-6H3,(H,23,24). The van der Waals surface area contributed by atoms with Crippen LogP contribution in [0.15, 0.2) is 36.4 Å². The van der Waals surface area contributed by atoms with Gasteiger partial charge in [-0.05, 0) is 74.9 Å². The van der Waals surface area contributed by atoms with E-state index in [1.54, 1.807) is 6.92 Å². The van der Waals surface area contributed by atoms with Gasteiger partial charge in [0.15, 0.2) is 6.10 Å². The van der Waals surface area contributed by atoms with Gasteiger partial charge in [0.05, 0.1) is 6.04 Å². The Hall–Kier alpha value is -2.29. The number of ether oxygens (including phenoxy) is 1. The average Bonchev–Trinajstić information content (AvgIpc) is 2.58. The number of para-hydroxylation sites is 1. The van der Waals surface area contributed by atoms with Crippen LogP contribution in [0.3, 0.4) is 0 Å². The molecular weight excluding hydrogens is 310 g/mol. The van der Waals surface area contributed by atoms with Crippen LogP contribution in [-0.2, 0) is 11.2 Å². The van der Waals surface area contributed by atoms with Gasteiger partial charge in [0.2, 0.25) is 0 Å². The topological polar surface area (TPSA) is 38.3 Å². The molecule has 0 saturated carbocycles. The molecule has 2 atom stereocenters. The van der Waals surface area contributed by atoms with Gasteiger partial charge in [0.1, 0.15) is 5.75 Å². The number of amides is 1. The first kappa shape index (κ1) is 19.0. The second-order valence-electron chi connectivity index (χ2n) is 6.74. The number of carbonyl (C=O) groups excluding carboxylic acids is 1. The van der Waals surface area contributed by atoms with Crippen LogP contribution in [-0.4, -0.2) is 12.0 Å². The fourth-order valence-electron chi connectivity index (χ4n) is 3.01. The van der Waals surface area contributed by atoms with Gasteiger partial charge in [0.25, 0.3) is 5.91 Å². The van der Waals surface area contributed by atoms with Crippen molar-refractivity contribution >= 4 is 5.91 Å². The Kier molecular flexibility index (Phi) is 6.24. The van der Waals surface area contributed by atoms with Crippen molar-refractivity contribution in [3.05, 3.63) is 64.2 Å². The van der Waals surface area contributed by atoms with Crippen LogP contribution in [0, 0.1) is 20.8 Å². The van der Waals surface area contributed by atoms with Gasteiger partial charge >= 0.3 is 0 Å². The van der Waals surface area contributed by atoms with Crippen molar-refractivity contribution in [1.29, 1.82) is 0 Å². The zero-order valence-electron chi connectivity index (χ0n) is 16.1. The van der Waals surface area contributed by atoms with Crippen LogP contribution in [0.25, 0.3) is 0 Å². The Morgan fingerprint density at radius 1 is 1.04 bits per heavy atom. The number of aryl methyl sites for hydroxylation is 4. The summed E-state index contributed by atoms with van der Waals surface area (Å²) in [6.45, 7) is 12.2. The Morgan fingerprint density at radius 2 is 1.68 bits per heavy atom. The van der Waals surface area contributed by atoms with E-state index in [4.69, 9.17) is 4.74 Å². The van der Waals surface area contributed by atoms with E-state index < -0.39 is 6.10 Å². The van der Waals surface area contributed by atoms with Crippen molar-refractivity contribution in [2.24, 2.45) is 0 Å². The summed E-state index contributed by atoms with van der Waals surface area (Å²) < 4.78 is 5.90. The van der Waals surface area contributed by atoms with E-state index in [2.05, 4.69) is 45.1 Å². The molecule has 25 heavy (non-hydrogen) atoms. The quantitative estimate of drug-likeness (QED) is 0.819. The lowest BCUT2D eigenvalue weighted by atomic mass is 9.96. The highest BCUT2D eigenvalue weighted by Crippen LogP contribution is 2.23. The number of rotatable bonds is 6. The Morgan fingerprint density at radius 3 is 2.36 bits per heavy atom. The maximum Gasteiger partial charge on any atom is 0.261 e. The number of benzene rings is 2. The SMILES string of the molecule is CCc1ccccc1OC(C)C(=O)NC(C)c1cc(C)c(C)cc1C. The molecule has 3 heteroatoms. The van der Waals surface area contributed by atoms with E-state index in [0.29, 0.717) is 0 Å². The molecule has 1 amide bonds. The highest BCUT2D eigenvalue weighted by atomic mass is 16.5. The van der Waals surface area contributed by atoms with Crippen LogP contribution >= 0.6 is 0 Å². The van der Waals surface area contributed by atoms with E-state index in [-0.39, 0.29) is 11.9 Å². The van der Waals surface area contributed by atoms with Crippen molar-refractivity contribution in [2.45, 2.75) is 60.1 Å². The smallest absolute Gasteiger partial charge is 0.261 e. The zero-order valence-corrected chi connectivity index (χ0v) is 16.1. The number of carbonyl (C=O) groups is 1. The molecule has 0 aromatic heterocycles. The van der Waals surface area contributed by atoms with Crippen molar-refractivity contribution in [3.63, 3.8) is 0 Å². The normalized spacial score (nSPS) is 13.2. The van der Waals surface area contributed by atoms with Gasteiger partial charge in [-0.1, -0.05) is 37.3 Å². The molecule has 2 rings (SSSR count). The minimum Gasteiger partial charge on any atom is -0.481 e. The van der Waals surface area contributed by atoms with E-state index in [9.17, 15) is 4.79 Å². The summed E-state index contributed by atoms with van der Waals surface area (Å²) in [5, 5.41) is 3.08. The molecule has 0 spiro atoms. The lowest BCUT2D eigenvalue weighted by Gasteiger charge is -2.22. The average molecular weight is 339 g/mol. The molecular formula is C22H29NO2. The summed E-state index contributed by atoms with van der Waals surface area (Å²) in [6, 6.07) is 12.1. The second kappa shape index (κ2) is 8.19. The monoisotopic (exact) mass is 339 g/mol. The molecule has 0 radical (unpaired) electrons. The van der Waals surface area contributed by atoms with Crippen LogP contribution in [0.4, 0.5) is 0 Å². The van der Waals surface area contributed by atoms with E-state index in [1.807, 2.05) is 31.2 Å². The lowest BCUT2D eigenvalue weighted by Crippen LogP contribution is -2.38. The molecule has 3 nitrogen and oxygen atoms in total. The summed E-state index contributed by atoms with van der Waals surface area (Å²) in [5.74, 6) is 0.679. The fourth-order valence-corrected chi connectivity index (χ4v) is 3.01. The maximum absolute atomic E-state index is 12.6. The number of hydrogen-bond donors (Lipinski definition) is 1. The molecule has 0 aliphatic heterocycles. The van der Waals surface area contributed by atoms with Crippen LogP contribution in [0.1, 0.15) is 54.6 Å². The molecule has 0 heterocycles. The van der Waals surface area contributed by atoms with Gasteiger partial charge in [0, 0.05) is 0 Å². The number of hydrogen-bond acceptors (Lipinski definition) is 2. The highest BCUT2D eigenvalue weighted by Gasteiger charge is 2.19. The fraction of sp³-hybridized carbons (Fsp3) is 0.409. The van der Waals surface area contributed by atoms with E-state index >= 15 is 0 Å². The third kappa shape index (κ3) is 4.62. The first-order valence-electron chi connectivity index (χ1n) is 8.96. The molecule has 2 aromatic rings. The highest BCUT2D eigenvalue weighted by molar-refractivity contribution is 5.81. The maximum atomic E-state index is 12.6. The first-order valence-corrected chi connectivity index (χ1v) is 8.96. The minimum absolute atomic E-state index is 0.0562. The van der Waals surface area contributed by atoms with Gasteiger partial charge in [-0.2, -0.15) is 0 Å². The van der Waals surface area contributed by atoms with Gasteiger partial charge in [-0.25, -0.2) is 0 Å². The molecule has 1 N–H and O–H groups in total. The van der Waals surface area contributed by atoms with Crippen LogP contribution < -0.4 is 10.1 Å². The third-order valence-corrected chi connectivity index (χ3v) is 4.73. The van der Waals surface area contributed by atoms with Crippen molar-refractivity contribution < 1.29 is 9.53 Å². The number of nitrogens with one attached hydrogen (secondary N) is 1. The van der Waals surface area contributed by atoms with Gasteiger partial charge in [-0.3, -0.25) is 4.79 Å². The third-order valence-electron chi connectivity index (χ3n) is 4.73. The van der Waals surface area contributed by atoms with Crippen LogP contribution in [0.2, 0.25) is 0 Å². The Bertz CT molecular complexity index is 752. The molecule has 0 aliphatic carbocycles. The van der Waals surface area contributed by atoms with Crippen molar-refractivity contribution in [3.8, 4) is 5.75 Å². The summed E-state index contributed by atoms with van der Waals surface area (Å²) in [4.78, 5) is 12.6. The second-order valence-corrected chi connectivity index (χ2v) is 6.74. The summed E-state index contributed by atoms with van der Waals surface area (Å²) in [6.07, 6.45) is 0.338. The molecule has 0 fully saturated rings. The van der Waals surface area contributed by atoms with Gasteiger partial charge < -0.3 is 10.1 Å². The summed E-state index contributed by atoms with van der Waals surface area (Å²) >= 11 is 0.